The van der Waals surface area contributed by atoms with Crippen LogP contribution in [-0.4, -0.2) is 87.5 Å². The number of carbonyl (C=O) groups excluding carboxylic acids is 1. The molecule has 0 aromatic rings. The average Bonchev–Trinajstić information content (AvgIpc) is 3.35. The van der Waals surface area contributed by atoms with E-state index in [-0.39, 0.29) is 18.9 Å². The van der Waals surface area contributed by atoms with Crippen LogP contribution in [-0.2, 0) is 14.3 Å². The van der Waals surface area contributed by atoms with E-state index in [1.165, 1.54) is 0 Å². The largest absolute Gasteiger partial charge is 0.394 e. The Hall–Kier alpha value is -4.45. The molecule has 0 radical (unpaired) electrons. The predicted octanol–water partition coefficient (Wildman–Crippen LogP) is 12.3. The van der Waals surface area contributed by atoms with E-state index < -0.39 is 49.5 Å². The van der Waals surface area contributed by atoms with Crippen molar-refractivity contribution in [3.8, 4) is 0 Å². The molecule has 1 amide bonds. The standard InChI is InChI=1S/C60H91NO8/c1-3-5-7-9-11-12-13-14-15-16-17-18-19-20-21-22-23-24-25-26-27-28-29-30-31-32-33-34-35-36-37-38-39-40-41-42-44-46-48-50-56(64)61-53(54(63)49-47-45-43-10-8-6-4-2)52-68-60-59(67)58(66)57(65)55(51-62)69-60/h5,7-8,10-12,14-15,17-18,20-21,23-24,26-27,29-30,32-33,35-36,38-39,41-42,47,49,53-55,57-60,62-63,65-67H,3-4,6,9,13,16,19,22,25,28,31,34,37,40,43-46,48,50-52H2,1-2H3,(H,61,64)/b7-5-,10-8+,12-11-,15-14-,18-17-,21-20-,24-23-,27-26-,30-29-,33-32-,36-35-,39-38-,42-41-,49-47+. The van der Waals surface area contributed by atoms with Crippen LogP contribution in [0.3, 0.4) is 0 Å². The summed E-state index contributed by atoms with van der Waals surface area (Å²) >= 11 is 0. The van der Waals surface area contributed by atoms with Gasteiger partial charge in [-0.2, -0.15) is 0 Å². The third-order valence-electron chi connectivity index (χ3n) is 10.8. The Balaban J connectivity index is 2.19. The predicted molar refractivity (Wildman–Crippen MR) is 289 cm³/mol. The van der Waals surface area contributed by atoms with Crippen LogP contribution in [0.1, 0.15) is 142 Å². The highest BCUT2D eigenvalue weighted by molar-refractivity contribution is 5.76. The van der Waals surface area contributed by atoms with Gasteiger partial charge in [-0.05, 0) is 116 Å². The molecule has 0 saturated carbocycles. The molecule has 1 aliphatic heterocycles. The van der Waals surface area contributed by atoms with Crippen LogP contribution in [0.5, 0.6) is 0 Å². The van der Waals surface area contributed by atoms with Crippen molar-refractivity contribution in [2.45, 2.75) is 185 Å². The molecule has 0 aliphatic carbocycles. The second-order valence-electron chi connectivity index (χ2n) is 16.9. The molecule has 0 aromatic heterocycles. The number of unbranched alkanes of at least 4 members (excludes halogenated alkanes) is 4. The zero-order valence-electron chi connectivity index (χ0n) is 42.2. The molecule has 69 heavy (non-hydrogen) atoms. The zero-order chi connectivity index (χ0) is 50.1. The number of hydrogen-bond acceptors (Lipinski definition) is 8. The molecule has 1 rings (SSSR count). The number of ether oxygens (including phenoxy) is 2. The summed E-state index contributed by atoms with van der Waals surface area (Å²) in [7, 11) is 0. The molecule has 9 heteroatoms. The van der Waals surface area contributed by atoms with Gasteiger partial charge in [0.15, 0.2) is 6.29 Å². The van der Waals surface area contributed by atoms with E-state index in [9.17, 15) is 30.3 Å². The maximum atomic E-state index is 12.9. The monoisotopic (exact) mass is 954 g/mol. The van der Waals surface area contributed by atoms with Gasteiger partial charge >= 0.3 is 0 Å². The molecule has 7 unspecified atom stereocenters. The fraction of sp³-hybridized carbons (Fsp3) is 0.517. The van der Waals surface area contributed by atoms with Gasteiger partial charge in [0.25, 0.3) is 0 Å². The van der Waals surface area contributed by atoms with Crippen LogP contribution >= 0.6 is 0 Å². The summed E-state index contributed by atoms with van der Waals surface area (Å²) in [6.45, 7) is 3.46. The number of allylic oxidation sites excluding steroid dienone is 27. The summed E-state index contributed by atoms with van der Waals surface area (Å²) in [5, 5.41) is 53.9. The third-order valence-corrected chi connectivity index (χ3v) is 10.8. The van der Waals surface area contributed by atoms with E-state index in [1.807, 2.05) is 6.08 Å². The van der Waals surface area contributed by atoms with Gasteiger partial charge in [-0.1, -0.05) is 190 Å². The first-order valence-corrected chi connectivity index (χ1v) is 25.9. The van der Waals surface area contributed by atoms with Crippen molar-refractivity contribution in [2.75, 3.05) is 13.2 Å². The zero-order valence-corrected chi connectivity index (χ0v) is 42.2. The maximum absolute atomic E-state index is 12.9. The summed E-state index contributed by atoms with van der Waals surface area (Å²) < 4.78 is 11.1. The van der Waals surface area contributed by atoms with E-state index in [0.29, 0.717) is 6.42 Å². The molecule has 6 N–H and O–H groups in total. The Morgan fingerprint density at radius 2 is 0.899 bits per heavy atom. The van der Waals surface area contributed by atoms with Crippen LogP contribution < -0.4 is 5.32 Å². The summed E-state index contributed by atoms with van der Waals surface area (Å²) in [5.74, 6) is -0.244. The lowest BCUT2D eigenvalue weighted by Crippen LogP contribution is -2.60. The van der Waals surface area contributed by atoms with Crippen molar-refractivity contribution in [1.82, 2.24) is 5.32 Å². The Morgan fingerprint density at radius 1 is 0.507 bits per heavy atom. The van der Waals surface area contributed by atoms with Gasteiger partial charge in [0.1, 0.15) is 24.4 Å². The molecule has 1 fully saturated rings. The Kier molecular flexibility index (Phi) is 42.8. The fourth-order valence-corrected chi connectivity index (χ4v) is 6.69. The van der Waals surface area contributed by atoms with Crippen molar-refractivity contribution < 1.29 is 39.8 Å². The topological polar surface area (TPSA) is 149 Å². The van der Waals surface area contributed by atoms with Gasteiger partial charge in [-0.15, -0.1) is 0 Å². The van der Waals surface area contributed by atoms with E-state index in [2.05, 4.69) is 177 Å². The lowest BCUT2D eigenvalue weighted by molar-refractivity contribution is -0.302. The molecule has 7 atom stereocenters. The smallest absolute Gasteiger partial charge is 0.220 e. The van der Waals surface area contributed by atoms with Crippen molar-refractivity contribution >= 4 is 5.91 Å². The molecule has 1 aliphatic rings. The number of aliphatic hydroxyl groups is 5. The molecule has 0 spiro atoms. The van der Waals surface area contributed by atoms with Gasteiger partial charge in [0, 0.05) is 6.42 Å². The van der Waals surface area contributed by atoms with Crippen molar-refractivity contribution in [1.29, 1.82) is 0 Å². The van der Waals surface area contributed by atoms with Crippen LogP contribution in [0.25, 0.3) is 0 Å². The number of hydrogen-bond donors (Lipinski definition) is 6. The maximum Gasteiger partial charge on any atom is 0.220 e. The molecule has 9 nitrogen and oxygen atoms in total. The van der Waals surface area contributed by atoms with Crippen molar-refractivity contribution in [3.05, 3.63) is 170 Å². The van der Waals surface area contributed by atoms with Crippen LogP contribution in [0, 0.1) is 0 Å². The van der Waals surface area contributed by atoms with Gasteiger partial charge in [0.05, 0.1) is 25.4 Å². The van der Waals surface area contributed by atoms with E-state index in [1.54, 1.807) is 6.08 Å². The molecule has 0 aromatic carbocycles. The number of aliphatic hydroxyl groups excluding tert-OH is 5. The van der Waals surface area contributed by atoms with Crippen molar-refractivity contribution in [3.63, 3.8) is 0 Å². The van der Waals surface area contributed by atoms with Gasteiger partial charge in [-0.25, -0.2) is 0 Å². The number of carbonyl (C=O) groups is 1. The minimum Gasteiger partial charge on any atom is -0.394 e. The van der Waals surface area contributed by atoms with Crippen molar-refractivity contribution in [2.24, 2.45) is 0 Å². The molecule has 1 saturated heterocycles. The highest BCUT2D eigenvalue weighted by Gasteiger charge is 2.44. The fourth-order valence-electron chi connectivity index (χ4n) is 6.69. The summed E-state index contributed by atoms with van der Waals surface area (Å²) in [6, 6.07) is -0.855. The van der Waals surface area contributed by atoms with Gasteiger partial charge < -0.3 is 40.3 Å². The third kappa shape index (κ3) is 37.1. The minimum atomic E-state index is -1.59. The van der Waals surface area contributed by atoms with Crippen LogP contribution in [0.4, 0.5) is 0 Å². The van der Waals surface area contributed by atoms with Gasteiger partial charge in [0.2, 0.25) is 5.91 Å². The quantitative estimate of drug-likeness (QED) is 0.0263. The minimum absolute atomic E-state index is 0.232. The van der Waals surface area contributed by atoms with Crippen LogP contribution in [0.2, 0.25) is 0 Å². The number of rotatable bonds is 40. The normalized spacial score (nSPS) is 20.9. The molecule has 384 valence electrons. The SMILES string of the molecule is CC/C=C\C/C=C\C/C=C\C/C=C\C/C=C\C/C=C\C/C=C\C/C=C\C/C=C\C/C=C\C/C=C\C/C=C\CCCCC(=O)NC(COC1OC(CO)C(O)C(O)C1O)C(O)/C=C/CC/C=C/CCC. The molecule has 1 heterocycles. The van der Waals surface area contributed by atoms with Crippen LogP contribution in [0.15, 0.2) is 170 Å². The Labute approximate surface area is 418 Å². The first kappa shape index (κ1) is 62.6. The second kappa shape index (κ2) is 47.2. The summed E-state index contributed by atoms with van der Waals surface area (Å²) in [6.07, 6.45) is 70.3. The van der Waals surface area contributed by atoms with E-state index >= 15 is 0 Å². The highest BCUT2D eigenvalue weighted by Crippen LogP contribution is 2.22. The number of nitrogens with one attached hydrogen (secondary N) is 1. The molecular weight excluding hydrogens is 863 g/mol. The summed E-state index contributed by atoms with van der Waals surface area (Å²) in [5.41, 5.74) is 0. The second-order valence-corrected chi connectivity index (χ2v) is 16.9. The average molecular weight is 954 g/mol. The Morgan fingerprint density at radius 3 is 1.32 bits per heavy atom. The molecular formula is C60H91NO8. The van der Waals surface area contributed by atoms with E-state index in [4.69, 9.17) is 9.47 Å². The lowest BCUT2D eigenvalue weighted by atomic mass is 9.99. The first-order chi connectivity index (χ1) is 33.8. The van der Waals surface area contributed by atoms with E-state index in [0.717, 1.165) is 116 Å². The summed E-state index contributed by atoms with van der Waals surface area (Å²) in [4.78, 5) is 12.9. The number of amides is 1. The van der Waals surface area contributed by atoms with Gasteiger partial charge in [-0.3, -0.25) is 4.79 Å². The highest BCUT2D eigenvalue weighted by atomic mass is 16.7. The lowest BCUT2D eigenvalue weighted by Gasteiger charge is -2.40. The first-order valence-electron chi connectivity index (χ1n) is 25.9. The molecule has 0 bridgehead atoms. The Bertz CT molecular complexity index is 1670.